The lowest BCUT2D eigenvalue weighted by atomic mass is 9.49. The van der Waals surface area contributed by atoms with Crippen molar-refractivity contribution in [2.75, 3.05) is 26.2 Å². The van der Waals surface area contributed by atoms with Crippen molar-refractivity contribution >= 4 is 28.8 Å². The van der Waals surface area contributed by atoms with Crippen LogP contribution in [0.3, 0.4) is 0 Å². The van der Waals surface area contributed by atoms with Gasteiger partial charge in [-0.05, 0) is 50.4 Å². The van der Waals surface area contributed by atoms with Crippen LogP contribution in [0.2, 0.25) is 0 Å². The molecule has 1 aliphatic heterocycles. The van der Waals surface area contributed by atoms with Gasteiger partial charge in [0.25, 0.3) is 0 Å². The van der Waals surface area contributed by atoms with E-state index in [1.807, 2.05) is 6.07 Å². The summed E-state index contributed by atoms with van der Waals surface area (Å²) in [7, 11) is 0. The second-order valence-electron chi connectivity index (χ2n) is 10.5. The molecular weight excluding hydrogens is 426 g/mol. The molecule has 4 aliphatic carbocycles. The van der Waals surface area contributed by atoms with Crippen molar-refractivity contribution in [1.82, 2.24) is 14.8 Å². The zero-order chi connectivity index (χ0) is 21.1. The van der Waals surface area contributed by atoms with Crippen molar-refractivity contribution < 1.29 is 4.79 Å². The maximum atomic E-state index is 13.7. The lowest BCUT2D eigenvalue weighted by molar-refractivity contribution is -0.157. The van der Waals surface area contributed by atoms with E-state index in [0.29, 0.717) is 17.7 Å². The van der Waals surface area contributed by atoms with Gasteiger partial charge >= 0.3 is 0 Å². The monoisotopic (exact) mass is 455 g/mol. The number of thiazole rings is 1. The van der Waals surface area contributed by atoms with Crippen LogP contribution in [0.1, 0.15) is 44.2 Å². The molecule has 2 unspecified atom stereocenters. The summed E-state index contributed by atoms with van der Waals surface area (Å²) in [6.07, 6.45) is 6.64. The molecule has 7 rings (SSSR count). The fourth-order valence-corrected chi connectivity index (χ4v) is 8.68. The first-order chi connectivity index (χ1) is 15.0. The molecule has 1 saturated heterocycles. The van der Waals surface area contributed by atoms with Crippen LogP contribution in [0, 0.1) is 17.3 Å². The summed E-state index contributed by atoms with van der Waals surface area (Å²) >= 11 is 8.69. The van der Waals surface area contributed by atoms with E-state index in [0.717, 1.165) is 75.5 Å². The third kappa shape index (κ3) is 3.73. The molecule has 0 N–H and O–H groups in total. The zero-order valence-electron chi connectivity index (χ0n) is 17.9. The number of hydrogen-bond acceptors (Lipinski definition) is 4. The Bertz CT molecular complexity index is 954. The van der Waals surface area contributed by atoms with Crippen molar-refractivity contribution in [2.45, 2.75) is 49.9 Å². The molecule has 164 valence electrons. The first-order valence-corrected chi connectivity index (χ1v) is 13.0. The molecule has 5 fully saturated rings. The van der Waals surface area contributed by atoms with E-state index in [4.69, 9.17) is 16.6 Å². The molecule has 1 amide bonds. The first kappa shape index (κ1) is 20.2. The Labute approximate surface area is 193 Å². The normalized spacial score (nSPS) is 34.9. The maximum Gasteiger partial charge on any atom is 0.228 e. The SMILES string of the molecule is O=C(N1CCN(Cc2csc(-c3ccccc3)n2)CC1)C12CC3CC(CC(Cl)(C3)C1)C2. The number of rotatable bonds is 4. The number of alkyl halides is 1. The number of halogens is 1. The largest absolute Gasteiger partial charge is 0.340 e. The molecule has 2 aromatic rings. The highest BCUT2D eigenvalue weighted by molar-refractivity contribution is 7.13. The molecule has 2 heterocycles. The minimum absolute atomic E-state index is 0.0946. The van der Waals surface area contributed by atoms with E-state index in [2.05, 4.69) is 39.4 Å². The molecule has 4 saturated carbocycles. The Morgan fingerprint density at radius 1 is 1.06 bits per heavy atom. The molecule has 0 spiro atoms. The fourth-order valence-electron chi connectivity index (χ4n) is 7.17. The van der Waals surface area contributed by atoms with Crippen molar-refractivity contribution in [1.29, 1.82) is 0 Å². The average molecular weight is 456 g/mol. The van der Waals surface area contributed by atoms with E-state index >= 15 is 0 Å². The topological polar surface area (TPSA) is 36.4 Å². The van der Waals surface area contributed by atoms with Gasteiger partial charge in [-0.25, -0.2) is 4.98 Å². The summed E-state index contributed by atoms with van der Waals surface area (Å²) in [6.45, 7) is 4.39. The number of carbonyl (C=O) groups is 1. The smallest absolute Gasteiger partial charge is 0.228 e. The highest BCUT2D eigenvalue weighted by atomic mass is 35.5. The van der Waals surface area contributed by atoms with Crippen LogP contribution < -0.4 is 0 Å². The molecule has 1 aromatic carbocycles. The first-order valence-electron chi connectivity index (χ1n) is 11.7. The van der Waals surface area contributed by atoms with Crippen molar-refractivity contribution in [3.63, 3.8) is 0 Å². The lowest BCUT2D eigenvalue weighted by Gasteiger charge is -2.60. The molecule has 31 heavy (non-hydrogen) atoms. The summed E-state index contributed by atoms with van der Waals surface area (Å²) in [4.78, 5) is 23.0. The number of benzene rings is 1. The number of nitrogens with zero attached hydrogens (tertiary/aromatic N) is 3. The summed E-state index contributed by atoms with van der Waals surface area (Å²) in [5.74, 6) is 1.76. The van der Waals surface area contributed by atoms with Gasteiger partial charge < -0.3 is 4.90 Å². The van der Waals surface area contributed by atoms with E-state index in [1.54, 1.807) is 11.3 Å². The number of aromatic nitrogens is 1. The third-order valence-corrected chi connectivity index (χ3v) is 9.44. The number of piperazine rings is 1. The summed E-state index contributed by atoms with van der Waals surface area (Å²) in [6, 6.07) is 10.4. The standard InChI is InChI=1S/C25H30ClN3OS/c26-25-13-18-10-19(14-25)12-24(11-18,17-25)23(30)29-8-6-28(7-9-29)15-21-16-31-22(27-21)20-4-2-1-3-5-20/h1-5,16,18-19H,6-15,17H2. The molecule has 0 radical (unpaired) electrons. The van der Waals surface area contributed by atoms with Crippen LogP contribution in [0.4, 0.5) is 0 Å². The average Bonchev–Trinajstić information content (AvgIpc) is 3.21. The van der Waals surface area contributed by atoms with Gasteiger partial charge in [0.05, 0.1) is 11.1 Å². The molecule has 4 nitrogen and oxygen atoms in total. The molecule has 5 aliphatic rings. The van der Waals surface area contributed by atoms with Gasteiger partial charge in [0.1, 0.15) is 5.01 Å². The van der Waals surface area contributed by atoms with Gasteiger partial charge in [0.2, 0.25) is 5.91 Å². The number of amides is 1. The lowest BCUT2D eigenvalue weighted by Crippen LogP contribution is -2.61. The minimum Gasteiger partial charge on any atom is -0.340 e. The Morgan fingerprint density at radius 2 is 1.77 bits per heavy atom. The fraction of sp³-hybridized carbons (Fsp3) is 0.600. The minimum atomic E-state index is -0.159. The Morgan fingerprint density at radius 3 is 2.45 bits per heavy atom. The zero-order valence-corrected chi connectivity index (χ0v) is 19.5. The molecule has 4 bridgehead atoms. The van der Waals surface area contributed by atoms with Gasteiger partial charge in [-0.2, -0.15) is 0 Å². The second-order valence-corrected chi connectivity index (χ2v) is 12.1. The number of hydrogen-bond donors (Lipinski definition) is 0. The van der Waals surface area contributed by atoms with Crippen LogP contribution in [0.25, 0.3) is 10.6 Å². The quantitative estimate of drug-likeness (QED) is 0.606. The third-order valence-electron chi connectivity index (χ3n) is 8.06. The molecule has 6 heteroatoms. The van der Waals surface area contributed by atoms with E-state index < -0.39 is 0 Å². The van der Waals surface area contributed by atoms with Gasteiger partial charge in [0, 0.05) is 48.5 Å². The predicted octanol–water partition coefficient (Wildman–Crippen LogP) is 5.03. The Hall–Kier alpha value is -1.43. The highest BCUT2D eigenvalue weighted by Gasteiger charge is 2.60. The van der Waals surface area contributed by atoms with Crippen molar-refractivity contribution in [3.8, 4) is 10.6 Å². The maximum absolute atomic E-state index is 13.7. The van der Waals surface area contributed by atoms with Crippen molar-refractivity contribution in [3.05, 3.63) is 41.4 Å². The molecule has 2 atom stereocenters. The molecular formula is C25H30ClN3OS. The van der Waals surface area contributed by atoms with Crippen LogP contribution in [0.5, 0.6) is 0 Å². The molecule has 1 aromatic heterocycles. The van der Waals surface area contributed by atoms with Gasteiger partial charge in [-0.15, -0.1) is 22.9 Å². The Balaban J connectivity index is 1.08. The highest BCUT2D eigenvalue weighted by Crippen LogP contribution is 2.64. The van der Waals surface area contributed by atoms with E-state index in [1.165, 1.54) is 12.0 Å². The van der Waals surface area contributed by atoms with E-state index in [-0.39, 0.29) is 10.3 Å². The Kier molecular flexibility index (Phi) is 4.93. The van der Waals surface area contributed by atoms with Crippen LogP contribution >= 0.6 is 22.9 Å². The van der Waals surface area contributed by atoms with E-state index in [9.17, 15) is 4.79 Å². The van der Waals surface area contributed by atoms with Crippen LogP contribution in [-0.2, 0) is 11.3 Å². The number of carbonyl (C=O) groups excluding carboxylic acids is 1. The van der Waals surface area contributed by atoms with Gasteiger partial charge in [-0.3, -0.25) is 9.69 Å². The summed E-state index contributed by atoms with van der Waals surface area (Å²) in [5.41, 5.74) is 2.16. The summed E-state index contributed by atoms with van der Waals surface area (Å²) < 4.78 is 0. The van der Waals surface area contributed by atoms with Crippen molar-refractivity contribution in [2.24, 2.45) is 17.3 Å². The van der Waals surface area contributed by atoms with Crippen LogP contribution in [-0.4, -0.2) is 51.7 Å². The second kappa shape index (κ2) is 7.57. The summed E-state index contributed by atoms with van der Waals surface area (Å²) in [5, 5.41) is 3.26. The van der Waals surface area contributed by atoms with Gasteiger partial charge in [-0.1, -0.05) is 30.3 Å². The van der Waals surface area contributed by atoms with Gasteiger partial charge in [0.15, 0.2) is 0 Å². The van der Waals surface area contributed by atoms with Crippen LogP contribution in [0.15, 0.2) is 35.7 Å². The predicted molar refractivity (Wildman–Crippen MR) is 125 cm³/mol.